The van der Waals surface area contributed by atoms with Gasteiger partial charge in [-0.15, -0.1) is 0 Å². The molecule has 0 atom stereocenters. The summed E-state index contributed by atoms with van der Waals surface area (Å²) in [4.78, 5) is 0. The second kappa shape index (κ2) is 7.35. The van der Waals surface area contributed by atoms with Crippen molar-refractivity contribution >= 4 is 0 Å². The van der Waals surface area contributed by atoms with E-state index < -0.39 is 0 Å². The molecule has 0 amide bonds. The van der Waals surface area contributed by atoms with Gasteiger partial charge in [-0.25, -0.2) is 0 Å². The van der Waals surface area contributed by atoms with Crippen LogP contribution in [0.2, 0.25) is 0 Å². The number of hydrogen-bond donors (Lipinski definition) is 0. The highest BCUT2D eigenvalue weighted by Gasteiger charge is 1.93. The van der Waals surface area contributed by atoms with Crippen LogP contribution in [0.1, 0.15) is 47.0 Å². The maximum atomic E-state index is 5.27. The number of rotatable bonds is 6. The van der Waals surface area contributed by atoms with Gasteiger partial charge in [0.05, 0.1) is 6.61 Å². The molecule has 0 bridgehead atoms. The molecule has 0 heterocycles. The Labute approximate surface area is 76.8 Å². The van der Waals surface area contributed by atoms with E-state index in [1.165, 1.54) is 17.6 Å². The first-order chi connectivity index (χ1) is 5.68. The molecule has 1 heteroatoms. The summed E-state index contributed by atoms with van der Waals surface area (Å²) in [5, 5.41) is 0. The van der Waals surface area contributed by atoms with Crippen LogP contribution in [0.15, 0.2) is 11.1 Å². The normalized spacial score (nSPS) is 10.0. The van der Waals surface area contributed by atoms with Gasteiger partial charge < -0.3 is 4.74 Å². The minimum Gasteiger partial charge on any atom is -0.376 e. The Morgan fingerprint density at radius 2 is 1.92 bits per heavy atom. The third kappa shape index (κ3) is 6.41. The van der Waals surface area contributed by atoms with Crippen molar-refractivity contribution in [3.63, 3.8) is 0 Å². The van der Waals surface area contributed by atoms with Gasteiger partial charge in [-0.2, -0.15) is 0 Å². The molecule has 0 N–H and O–H groups in total. The van der Waals surface area contributed by atoms with Crippen molar-refractivity contribution in [3.05, 3.63) is 17.8 Å². The molecule has 0 aliphatic heterocycles. The molecule has 1 nitrogen and oxygen atoms in total. The Kier molecular flexibility index (Phi) is 7.17. The Bertz CT molecular complexity index is 132. The number of hydrogen-bond acceptors (Lipinski definition) is 1. The van der Waals surface area contributed by atoms with Gasteiger partial charge in [0.1, 0.15) is 0 Å². The largest absolute Gasteiger partial charge is 0.376 e. The topological polar surface area (TPSA) is 9.23 Å². The molecule has 0 rings (SSSR count). The van der Waals surface area contributed by atoms with E-state index in [9.17, 15) is 0 Å². The van der Waals surface area contributed by atoms with Gasteiger partial charge in [-0.05, 0) is 40.0 Å². The van der Waals surface area contributed by atoms with Crippen LogP contribution >= 0.6 is 0 Å². The highest BCUT2D eigenvalue weighted by molar-refractivity contribution is 5.06. The summed E-state index contributed by atoms with van der Waals surface area (Å²) >= 11 is 0. The molecular formula is C11H21O. The quantitative estimate of drug-likeness (QED) is 0.435. The fraction of sp³-hybridized carbons (Fsp3) is 0.727. The summed E-state index contributed by atoms with van der Waals surface area (Å²) in [5.74, 6) is 0. The summed E-state index contributed by atoms with van der Waals surface area (Å²) in [5.41, 5.74) is 2.93. The molecule has 0 spiro atoms. The van der Waals surface area contributed by atoms with Gasteiger partial charge in [0.25, 0.3) is 0 Å². The lowest BCUT2D eigenvalue weighted by Gasteiger charge is -2.04. The summed E-state index contributed by atoms with van der Waals surface area (Å²) in [6, 6.07) is 0. The smallest absolute Gasteiger partial charge is 0.0833 e. The van der Waals surface area contributed by atoms with Gasteiger partial charge in [-0.3, -0.25) is 0 Å². The van der Waals surface area contributed by atoms with Crippen molar-refractivity contribution in [1.29, 1.82) is 0 Å². The lowest BCUT2D eigenvalue weighted by molar-refractivity contribution is 0.191. The van der Waals surface area contributed by atoms with E-state index in [-0.39, 0.29) is 0 Å². The van der Waals surface area contributed by atoms with Crippen LogP contribution < -0.4 is 0 Å². The monoisotopic (exact) mass is 169 g/mol. The van der Waals surface area contributed by atoms with Gasteiger partial charge >= 0.3 is 0 Å². The van der Waals surface area contributed by atoms with Crippen molar-refractivity contribution in [2.45, 2.75) is 47.0 Å². The molecule has 0 aromatic rings. The summed E-state index contributed by atoms with van der Waals surface area (Å²) < 4.78 is 5.27. The fourth-order valence-corrected chi connectivity index (χ4v) is 0.872. The Morgan fingerprint density at radius 1 is 1.25 bits per heavy atom. The predicted molar refractivity (Wildman–Crippen MR) is 53.8 cm³/mol. The molecule has 0 aromatic carbocycles. The minimum atomic E-state index is 0.860. The van der Waals surface area contributed by atoms with E-state index in [0.29, 0.717) is 0 Å². The fourth-order valence-electron chi connectivity index (χ4n) is 0.872. The predicted octanol–water partition coefficient (Wildman–Crippen LogP) is 3.71. The zero-order valence-electron chi connectivity index (χ0n) is 8.81. The summed E-state index contributed by atoms with van der Waals surface area (Å²) in [6.07, 6.45) is 3.30. The van der Waals surface area contributed by atoms with Gasteiger partial charge in [0.2, 0.25) is 0 Å². The average Bonchev–Trinajstić information content (AvgIpc) is 2.03. The average molecular weight is 169 g/mol. The molecule has 0 saturated carbocycles. The first-order valence-corrected chi connectivity index (χ1v) is 4.74. The molecule has 0 aliphatic carbocycles. The standard InChI is InChI=1S/C11H21O/c1-5-8-12-9-6-7-11(4)10(2)3/h8H,5-7,9H2,1-4H3. The molecule has 1 radical (unpaired) electrons. The zero-order chi connectivity index (χ0) is 9.40. The molecule has 0 fully saturated rings. The van der Waals surface area contributed by atoms with Crippen molar-refractivity contribution in [3.8, 4) is 0 Å². The first-order valence-electron chi connectivity index (χ1n) is 4.74. The Morgan fingerprint density at radius 3 is 2.42 bits per heavy atom. The van der Waals surface area contributed by atoms with E-state index in [1.54, 1.807) is 0 Å². The molecule has 0 saturated heterocycles. The van der Waals surface area contributed by atoms with E-state index in [1.807, 2.05) is 6.61 Å². The SMILES string of the molecule is CC[CH]OCCCC(C)=C(C)C. The third-order valence-corrected chi connectivity index (χ3v) is 1.95. The van der Waals surface area contributed by atoms with E-state index in [4.69, 9.17) is 4.74 Å². The van der Waals surface area contributed by atoms with Crippen LogP contribution in [-0.4, -0.2) is 6.61 Å². The van der Waals surface area contributed by atoms with Crippen molar-refractivity contribution in [2.24, 2.45) is 0 Å². The molecule has 0 aromatic heterocycles. The third-order valence-electron chi connectivity index (χ3n) is 1.95. The van der Waals surface area contributed by atoms with Crippen LogP contribution in [0.25, 0.3) is 0 Å². The van der Waals surface area contributed by atoms with Crippen LogP contribution in [-0.2, 0) is 4.74 Å². The molecular weight excluding hydrogens is 148 g/mol. The minimum absolute atomic E-state index is 0.860. The molecule has 0 unspecified atom stereocenters. The van der Waals surface area contributed by atoms with Crippen LogP contribution in [0.5, 0.6) is 0 Å². The number of allylic oxidation sites excluding steroid dienone is 2. The van der Waals surface area contributed by atoms with Crippen LogP contribution in [0, 0.1) is 6.61 Å². The number of ether oxygens (including phenoxy) is 1. The van der Waals surface area contributed by atoms with E-state index in [0.717, 1.165) is 19.4 Å². The first kappa shape index (κ1) is 11.7. The molecule has 71 valence electrons. The molecule has 12 heavy (non-hydrogen) atoms. The van der Waals surface area contributed by atoms with Crippen molar-refractivity contribution in [2.75, 3.05) is 6.61 Å². The van der Waals surface area contributed by atoms with Crippen LogP contribution in [0.4, 0.5) is 0 Å². The highest BCUT2D eigenvalue weighted by atomic mass is 16.5. The zero-order valence-corrected chi connectivity index (χ0v) is 8.81. The Balaban J connectivity index is 3.26. The maximum absolute atomic E-state index is 5.27. The second-order valence-corrected chi connectivity index (χ2v) is 3.33. The van der Waals surface area contributed by atoms with E-state index in [2.05, 4.69) is 27.7 Å². The van der Waals surface area contributed by atoms with Gasteiger partial charge in [0, 0.05) is 6.61 Å². The summed E-state index contributed by atoms with van der Waals surface area (Å²) in [7, 11) is 0. The highest BCUT2D eigenvalue weighted by Crippen LogP contribution is 2.09. The van der Waals surface area contributed by atoms with Crippen LogP contribution in [0.3, 0.4) is 0 Å². The van der Waals surface area contributed by atoms with Gasteiger partial charge in [0.15, 0.2) is 0 Å². The summed E-state index contributed by atoms with van der Waals surface area (Å²) in [6.45, 7) is 11.3. The maximum Gasteiger partial charge on any atom is 0.0833 e. The van der Waals surface area contributed by atoms with E-state index >= 15 is 0 Å². The van der Waals surface area contributed by atoms with Crippen molar-refractivity contribution in [1.82, 2.24) is 0 Å². The lowest BCUT2D eigenvalue weighted by Crippen LogP contribution is -1.92. The molecule has 0 aliphatic rings. The Hall–Kier alpha value is -0.300. The lowest BCUT2D eigenvalue weighted by atomic mass is 10.1. The van der Waals surface area contributed by atoms with Crippen molar-refractivity contribution < 1.29 is 4.74 Å². The van der Waals surface area contributed by atoms with Gasteiger partial charge in [-0.1, -0.05) is 18.1 Å². The second-order valence-electron chi connectivity index (χ2n) is 3.33.